The Labute approximate surface area is 186 Å². The van der Waals surface area contributed by atoms with Gasteiger partial charge in [0.1, 0.15) is 11.4 Å². The zero-order valence-electron chi connectivity index (χ0n) is 18.2. The molecule has 1 saturated carbocycles. The highest BCUT2D eigenvalue weighted by molar-refractivity contribution is 7.46. The number of aliphatic hydroxyl groups excluding tert-OH is 1. The van der Waals surface area contributed by atoms with E-state index in [1.807, 2.05) is 0 Å². The van der Waals surface area contributed by atoms with Crippen molar-refractivity contribution >= 4 is 7.82 Å². The molecule has 2 rings (SSSR count). The Morgan fingerprint density at radius 2 is 1.88 bits per heavy atom. The summed E-state index contributed by atoms with van der Waals surface area (Å²) in [7, 11) is -4.79. The lowest BCUT2D eigenvalue weighted by Crippen LogP contribution is -2.48. The molecule has 0 amide bonds. The van der Waals surface area contributed by atoms with Crippen LogP contribution in [0.5, 0.6) is 5.75 Å². The third-order valence-corrected chi connectivity index (χ3v) is 6.18. The van der Waals surface area contributed by atoms with Crippen molar-refractivity contribution in [3.63, 3.8) is 0 Å². The lowest BCUT2D eigenvalue weighted by Gasteiger charge is -2.27. The van der Waals surface area contributed by atoms with Gasteiger partial charge in [-0.3, -0.25) is 4.52 Å². The molecule has 1 aromatic rings. The Bertz CT molecular complexity index is 796. The van der Waals surface area contributed by atoms with Crippen molar-refractivity contribution in [2.45, 2.75) is 82.0 Å². The van der Waals surface area contributed by atoms with Gasteiger partial charge in [0.25, 0.3) is 0 Å². The van der Waals surface area contributed by atoms with Gasteiger partial charge in [-0.2, -0.15) is 13.2 Å². The van der Waals surface area contributed by atoms with Gasteiger partial charge in [-0.15, -0.1) is 0 Å². The highest BCUT2D eigenvalue weighted by Crippen LogP contribution is 2.47. The number of ether oxygens (including phenoxy) is 1. The summed E-state index contributed by atoms with van der Waals surface area (Å²) in [5, 5.41) is 9.47. The summed E-state index contributed by atoms with van der Waals surface area (Å²) in [5.74, 6) is -0.194. The van der Waals surface area contributed by atoms with Crippen LogP contribution >= 0.6 is 7.82 Å². The van der Waals surface area contributed by atoms with Crippen molar-refractivity contribution < 1.29 is 41.9 Å². The third kappa shape index (κ3) is 8.65. The number of phosphoric acid groups is 1. The second kappa shape index (κ2) is 10.8. The fourth-order valence-corrected chi connectivity index (χ4v) is 3.92. The smallest absolute Gasteiger partial charge is 0.469 e. The Morgan fingerprint density at radius 3 is 2.41 bits per heavy atom. The van der Waals surface area contributed by atoms with E-state index in [2.05, 4.69) is 11.4 Å². The van der Waals surface area contributed by atoms with Crippen LogP contribution in [-0.2, 0) is 21.7 Å². The molecule has 1 unspecified atom stereocenters. The second-order valence-corrected chi connectivity index (χ2v) is 9.95. The van der Waals surface area contributed by atoms with E-state index in [0.717, 1.165) is 51.0 Å². The monoisotopic (exact) mass is 483 g/mol. The van der Waals surface area contributed by atoms with E-state index in [1.54, 1.807) is 0 Å². The van der Waals surface area contributed by atoms with E-state index in [4.69, 9.17) is 20.3 Å². The molecule has 0 aromatic heterocycles. The van der Waals surface area contributed by atoms with Crippen molar-refractivity contribution in [1.29, 1.82) is 0 Å². The largest absolute Gasteiger partial charge is 0.487 e. The summed E-state index contributed by atoms with van der Waals surface area (Å²) in [6.07, 6.45) is 1.74. The Morgan fingerprint density at radius 1 is 1.19 bits per heavy atom. The Balaban J connectivity index is 2.09. The number of benzene rings is 1. The maximum Gasteiger partial charge on any atom is 0.469 e. The van der Waals surface area contributed by atoms with E-state index in [-0.39, 0.29) is 18.6 Å². The number of aliphatic hydroxyl groups is 1. The zero-order valence-corrected chi connectivity index (χ0v) is 19.1. The molecule has 1 fully saturated rings. The number of nitrogens with two attached hydrogens (primary N) is 1. The van der Waals surface area contributed by atoms with E-state index >= 15 is 0 Å². The predicted molar refractivity (Wildman–Crippen MR) is 113 cm³/mol. The lowest BCUT2D eigenvalue weighted by atomic mass is 9.93. The number of alkyl halides is 3. The summed E-state index contributed by atoms with van der Waals surface area (Å²) in [6, 6.07) is 3.83. The molecule has 5 N–H and O–H groups in total. The standard InChI is InChI=1S/C21H33F3NO6P/c1-2-3-4-5-9-20(11-12-20)31-18-7-6-16(13-17(18)21(22,23)24)8-10-19(25,14-26)15-30-32(27,28)29/h6-7,13,26H,2-5,8-12,14-15,25H2,1H3,(H2,27,28,29). The van der Waals surface area contributed by atoms with Crippen molar-refractivity contribution in [3.05, 3.63) is 29.3 Å². The topological polar surface area (TPSA) is 122 Å². The molecule has 0 bridgehead atoms. The summed E-state index contributed by atoms with van der Waals surface area (Å²) in [6.45, 7) is 0.809. The maximum absolute atomic E-state index is 13.7. The minimum absolute atomic E-state index is 0.0393. The molecule has 0 spiro atoms. The first-order valence-corrected chi connectivity index (χ1v) is 12.3. The molecule has 0 heterocycles. The van der Waals surface area contributed by atoms with Crippen LogP contribution in [0.3, 0.4) is 0 Å². The molecule has 32 heavy (non-hydrogen) atoms. The number of hydrogen-bond donors (Lipinski definition) is 4. The van der Waals surface area contributed by atoms with Crippen LogP contribution in [0, 0.1) is 0 Å². The number of aryl methyl sites for hydroxylation is 1. The van der Waals surface area contributed by atoms with Gasteiger partial charge in [-0.25, -0.2) is 4.57 Å². The van der Waals surface area contributed by atoms with Gasteiger partial charge in [0, 0.05) is 0 Å². The molecule has 0 aliphatic heterocycles. The molecule has 0 saturated heterocycles. The summed E-state index contributed by atoms with van der Waals surface area (Å²) in [5.41, 5.74) is 3.33. The SMILES string of the molecule is CCCCCCC1(Oc2ccc(CCC(N)(CO)COP(=O)(O)O)cc2C(F)(F)F)CC1. The minimum Gasteiger partial charge on any atom is -0.487 e. The molecule has 184 valence electrons. The molecule has 0 radical (unpaired) electrons. The van der Waals surface area contributed by atoms with Gasteiger partial charge in [0.15, 0.2) is 0 Å². The van der Waals surface area contributed by atoms with Crippen LogP contribution in [0.15, 0.2) is 18.2 Å². The molecular weight excluding hydrogens is 450 g/mol. The first-order chi connectivity index (χ1) is 14.8. The summed E-state index contributed by atoms with van der Waals surface area (Å²) < 4.78 is 62.2. The molecule has 1 atom stereocenters. The first kappa shape index (κ1) is 27.1. The molecule has 1 aliphatic rings. The molecule has 11 heteroatoms. The van der Waals surface area contributed by atoms with Crippen molar-refractivity contribution in [2.75, 3.05) is 13.2 Å². The van der Waals surface area contributed by atoms with Crippen LogP contribution in [-0.4, -0.2) is 39.2 Å². The van der Waals surface area contributed by atoms with Gasteiger partial charge < -0.3 is 25.4 Å². The molecular formula is C21H33F3NO6P. The van der Waals surface area contributed by atoms with Crippen LogP contribution in [0.25, 0.3) is 0 Å². The maximum atomic E-state index is 13.7. The fraction of sp³-hybridized carbons (Fsp3) is 0.714. The number of unbranched alkanes of at least 4 members (excludes halogenated alkanes) is 3. The van der Waals surface area contributed by atoms with Crippen LogP contribution < -0.4 is 10.5 Å². The first-order valence-electron chi connectivity index (χ1n) is 10.8. The van der Waals surface area contributed by atoms with Crippen molar-refractivity contribution in [3.8, 4) is 5.75 Å². The summed E-state index contributed by atoms with van der Waals surface area (Å²) >= 11 is 0. The average Bonchev–Trinajstić information content (AvgIpc) is 3.47. The number of rotatable bonds is 14. The third-order valence-electron chi connectivity index (χ3n) is 5.72. The van der Waals surface area contributed by atoms with Crippen molar-refractivity contribution in [1.82, 2.24) is 0 Å². The second-order valence-electron chi connectivity index (χ2n) is 8.71. The number of phosphoric ester groups is 1. The Kier molecular flexibility index (Phi) is 9.18. The van der Waals surface area contributed by atoms with Gasteiger partial charge >= 0.3 is 14.0 Å². The Hall–Kier alpha value is -1.16. The minimum atomic E-state index is -4.79. The highest BCUT2D eigenvalue weighted by atomic mass is 31.2. The normalized spacial score (nSPS) is 17.8. The van der Waals surface area contributed by atoms with Crippen molar-refractivity contribution in [2.24, 2.45) is 5.73 Å². The fourth-order valence-electron chi connectivity index (χ4n) is 3.50. The van der Waals surface area contributed by atoms with E-state index < -0.39 is 43.9 Å². The van der Waals surface area contributed by atoms with Gasteiger partial charge in [-0.1, -0.05) is 32.3 Å². The van der Waals surface area contributed by atoms with E-state index in [1.165, 1.54) is 12.1 Å². The molecule has 7 nitrogen and oxygen atoms in total. The van der Waals surface area contributed by atoms with Gasteiger partial charge in [0.2, 0.25) is 0 Å². The van der Waals surface area contributed by atoms with Gasteiger partial charge in [-0.05, 0) is 56.2 Å². The molecule has 1 aromatic carbocycles. The molecule has 1 aliphatic carbocycles. The quantitative estimate of drug-likeness (QED) is 0.230. The van der Waals surface area contributed by atoms with Crippen LogP contribution in [0.4, 0.5) is 13.2 Å². The van der Waals surface area contributed by atoms with Crippen LogP contribution in [0.1, 0.15) is 69.4 Å². The van der Waals surface area contributed by atoms with Crippen LogP contribution in [0.2, 0.25) is 0 Å². The summed E-state index contributed by atoms with van der Waals surface area (Å²) in [4.78, 5) is 17.6. The highest BCUT2D eigenvalue weighted by Gasteiger charge is 2.46. The zero-order chi connectivity index (χ0) is 24.0. The lowest BCUT2D eigenvalue weighted by molar-refractivity contribution is -0.139. The van der Waals surface area contributed by atoms with E-state index in [0.29, 0.717) is 5.56 Å². The number of hydrogen-bond acceptors (Lipinski definition) is 5. The average molecular weight is 483 g/mol. The predicted octanol–water partition coefficient (Wildman–Crippen LogP) is 4.32. The van der Waals surface area contributed by atoms with Gasteiger partial charge in [0.05, 0.1) is 24.3 Å². The van der Waals surface area contributed by atoms with E-state index in [9.17, 15) is 22.8 Å². The number of halogens is 3.